The van der Waals surface area contributed by atoms with Gasteiger partial charge in [0.15, 0.2) is 0 Å². The minimum atomic E-state index is 0.0117. The van der Waals surface area contributed by atoms with Crippen molar-refractivity contribution >= 4 is 11.5 Å². The van der Waals surface area contributed by atoms with Gasteiger partial charge in [0, 0.05) is 12.1 Å². The highest BCUT2D eigenvalue weighted by molar-refractivity contribution is 6.22. The molecule has 3 heteroatoms. The summed E-state index contributed by atoms with van der Waals surface area (Å²) in [4.78, 5) is 11.5. The molecule has 0 radical (unpaired) electrons. The number of methoxy groups -OCH3 is 1. The second-order valence-corrected chi connectivity index (χ2v) is 3.57. The van der Waals surface area contributed by atoms with Crippen LogP contribution in [0.1, 0.15) is 12.5 Å². The summed E-state index contributed by atoms with van der Waals surface area (Å²) in [7, 11) is 1.63. The van der Waals surface area contributed by atoms with E-state index in [1.807, 2.05) is 31.2 Å². The molecule has 2 rings (SSSR count). The molecule has 0 bridgehead atoms. The Bertz CT molecular complexity index is 418. The predicted molar refractivity (Wildman–Crippen MR) is 58.6 cm³/mol. The van der Waals surface area contributed by atoms with Crippen LogP contribution in [0.2, 0.25) is 0 Å². The van der Waals surface area contributed by atoms with Crippen molar-refractivity contribution in [1.29, 1.82) is 0 Å². The van der Waals surface area contributed by atoms with E-state index in [-0.39, 0.29) is 5.91 Å². The van der Waals surface area contributed by atoms with E-state index in [1.54, 1.807) is 7.11 Å². The zero-order valence-corrected chi connectivity index (χ0v) is 8.83. The normalized spacial score (nSPS) is 15.5. The molecule has 78 valence electrons. The topological polar surface area (TPSA) is 38.3 Å². The molecule has 0 aliphatic carbocycles. The van der Waals surface area contributed by atoms with Crippen LogP contribution in [-0.2, 0) is 4.79 Å². The zero-order chi connectivity index (χ0) is 10.8. The first kappa shape index (κ1) is 9.77. The first-order valence-corrected chi connectivity index (χ1v) is 4.84. The van der Waals surface area contributed by atoms with E-state index in [4.69, 9.17) is 4.74 Å². The van der Waals surface area contributed by atoms with E-state index in [0.29, 0.717) is 6.54 Å². The maximum atomic E-state index is 11.5. The van der Waals surface area contributed by atoms with Crippen molar-refractivity contribution in [3.05, 3.63) is 35.4 Å². The molecule has 1 aromatic rings. The van der Waals surface area contributed by atoms with Crippen LogP contribution in [0.3, 0.4) is 0 Å². The molecule has 3 nitrogen and oxygen atoms in total. The van der Waals surface area contributed by atoms with Crippen LogP contribution in [0, 0.1) is 0 Å². The molecule has 0 fully saturated rings. The Morgan fingerprint density at radius 2 is 1.93 bits per heavy atom. The zero-order valence-electron chi connectivity index (χ0n) is 8.83. The minimum absolute atomic E-state index is 0.0117. The molecule has 0 spiro atoms. The maximum Gasteiger partial charge on any atom is 0.252 e. The van der Waals surface area contributed by atoms with Gasteiger partial charge < -0.3 is 10.1 Å². The van der Waals surface area contributed by atoms with Crippen molar-refractivity contribution in [3.63, 3.8) is 0 Å². The Labute approximate surface area is 88.8 Å². The standard InChI is InChI=1S/C12H13NO2/c1-8-7-13-12(14)11(8)9-3-5-10(15-2)6-4-9/h3-6H,7H2,1-2H3,(H,13,14). The highest BCUT2D eigenvalue weighted by Crippen LogP contribution is 2.24. The average Bonchev–Trinajstić information content (AvgIpc) is 2.59. The highest BCUT2D eigenvalue weighted by atomic mass is 16.5. The molecule has 15 heavy (non-hydrogen) atoms. The van der Waals surface area contributed by atoms with Gasteiger partial charge in [-0.15, -0.1) is 0 Å². The molecule has 1 aromatic carbocycles. The number of nitrogens with one attached hydrogen (secondary N) is 1. The number of amides is 1. The molecule has 0 saturated heterocycles. The summed E-state index contributed by atoms with van der Waals surface area (Å²) in [5.74, 6) is 0.813. The van der Waals surface area contributed by atoms with Crippen LogP contribution in [-0.4, -0.2) is 19.6 Å². The molecule has 0 aromatic heterocycles. The highest BCUT2D eigenvalue weighted by Gasteiger charge is 2.20. The smallest absolute Gasteiger partial charge is 0.252 e. The van der Waals surface area contributed by atoms with Gasteiger partial charge in [-0.1, -0.05) is 12.1 Å². The molecule has 0 atom stereocenters. The minimum Gasteiger partial charge on any atom is -0.497 e. The van der Waals surface area contributed by atoms with E-state index >= 15 is 0 Å². The molecule has 1 N–H and O–H groups in total. The lowest BCUT2D eigenvalue weighted by Crippen LogP contribution is -2.16. The van der Waals surface area contributed by atoms with Gasteiger partial charge in [-0.25, -0.2) is 0 Å². The molecular weight excluding hydrogens is 190 g/mol. The fraction of sp³-hybridized carbons (Fsp3) is 0.250. The van der Waals surface area contributed by atoms with Gasteiger partial charge in [0.2, 0.25) is 0 Å². The molecule has 0 unspecified atom stereocenters. The summed E-state index contributed by atoms with van der Waals surface area (Å²) in [6.07, 6.45) is 0. The first-order chi connectivity index (χ1) is 7.22. The van der Waals surface area contributed by atoms with Gasteiger partial charge >= 0.3 is 0 Å². The fourth-order valence-electron chi connectivity index (χ4n) is 1.72. The van der Waals surface area contributed by atoms with Crippen LogP contribution >= 0.6 is 0 Å². The predicted octanol–water partition coefficient (Wildman–Crippen LogP) is 1.60. The molecule has 1 heterocycles. The summed E-state index contributed by atoms with van der Waals surface area (Å²) in [5.41, 5.74) is 2.83. The number of rotatable bonds is 2. The fourth-order valence-corrected chi connectivity index (χ4v) is 1.72. The number of carbonyl (C=O) groups excluding carboxylic acids is 1. The Morgan fingerprint density at radius 3 is 2.40 bits per heavy atom. The largest absolute Gasteiger partial charge is 0.497 e. The maximum absolute atomic E-state index is 11.5. The van der Waals surface area contributed by atoms with Crippen molar-refractivity contribution in [2.75, 3.05) is 13.7 Å². The monoisotopic (exact) mass is 203 g/mol. The lowest BCUT2D eigenvalue weighted by molar-refractivity contribution is -0.114. The Balaban J connectivity index is 2.37. The van der Waals surface area contributed by atoms with Crippen LogP contribution in [0.25, 0.3) is 5.57 Å². The van der Waals surface area contributed by atoms with Gasteiger partial charge in [0.25, 0.3) is 5.91 Å². The van der Waals surface area contributed by atoms with E-state index in [1.165, 1.54) is 0 Å². The van der Waals surface area contributed by atoms with E-state index in [0.717, 1.165) is 22.5 Å². The Kier molecular flexibility index (Phi) is 2.46. The van der Waals surface area contributed by atoms with E-state index in [2.05, 4.69) is 5.32 Å². The number of hydrogen-bond acceptors (Lipinski definition) is 2. The van der Waals surface area contributed by atoms with Gasteiger partial charge in [0.1, 0.15) is 5.75 Å². The lowest BCUT2D eigenvalue weighted by Gasteiger charge is -2.03. The summed E-state index contributed by atoms with van der Waals surface area (Å²) in [6, 6.07) is 7.54. The van der Waals surface area contributed by atoms with Crippen molar-refractivity contribution in [1.82, 2.24) is 5.32 Å². The van der Waals surface area contributed by atoms with Crippen molar-refractivity contribution < 1.29 is 9.53 Å². The second kappa shape index (κ2) is 3.77. The summed E-state index contributed by atoms with van der Waals surface area (Å²) in [6.45, 7) is 2.62. The van der Waals surface area contributed by atoms with Gasteiger partial charge in [-0.05, 0) is 30.2 Å². The number of hydrogen-bond donors (Lipinski definition) is 1. The SMILES string of the molecule is COc1ccc(C2=C(C)CNC2=O)cc1. The third-order valence-corrected chi connectivity index (χ3v) is 2.55. The molecule has 1 amide bonds. The second-order valence-electron chi connectivity index (χ2n) is 3.57. The quantitative estimate of drug-likeness (QED) is 0.792. The number of carbonyl (C=O) groups is 1. The lowest BCUT2D eigenvalue weighted by atomic mass is 10.0. The van der Waals surface area contributed by atoms with Crippen molar-refractivity contribution in [3.8, 4) is 5.75 Å². The average molecular weight is 203 g/mol. The van der Waals surface area contributed by atoms with Crippen LogP contribution in [0.5, 0.6) is 5.75 Å². The Hall–Kier alpha value is -1.77. The van der Waals surface area contributed by atoms with Crippen LogP contribution in [0.15, 0.2) is 29.8 Å². The number of ether oxygens (including phenoxy) is 1. The summed E-state index contributed by atoms with van der Waals surface area (Å²) in [5, 5.41) is 2.80. The van der Waals surface area contributed by atoms with Crippen LogP contribution in [0.4, 0.5) is 0 Å². The molecule has 1 aliphatic rings. The summed E-state index contributed by atoms with van der Waals surface area (Å²) >= 11 is 0. The third-order valence-electron chi connectivity index (χ3n) is 2.55. The first-order valence-electron chi connectivity index (χ1n) is 4.84. The molecule has 1 aliphatic heterocycles. The van der Waals surface area contributed by atoms with Gasteiger partial charge in [-0.3, -0.25) is 4.79 Å². The van der Waals surface area contributed by atoms with Crippen molar-refractivity contribution in [2.24, 2.45) is 0 Å². The molecule has 0 saturated carbocycles. The van der Waals surface area contributed by atoms with E-state index < -0.39 is 0 Å². The van der Waals surface area contributed by atoms with Gasteiger partial charge in [-0.2, -0.15) is 0 Å². The third kappa shape index (κ3) is 1.73. The summed E-state index contributed by atoms with van der Waals surface area (Å²) < 4.78 is 5.07. The van der Waals surface area contributed by atoms with Gasteiger partial charge in [0.05, 0.1) is 7.11 Å². The van der Waals surface area contributed by atoms with Crippen molar-refractivity contribution in [2.45, 2.75) is 6.92 Å². The van der Waals surface area contributed by atoms with E-state index in [9.17, 15) is 4.79 Å². The van der Waals surface area contributed by atoms with Crippen LogP contribution < -0.4 is 10.1 Å². The Morgan fingerprint density at radius 1 is 1.27 bits per heavy atom. The molecular formula is C12H13NO2. The number of benzene rings is 1.